The van der Waals surface area contributed by atoms with E-state index < -0.39 is 47.9 Å². The van der Waals surface area contributed by atoms with Crippen LogP contribution in [0.15, 0.2) is 0 Å². The van der Waals surface area contributed by atoms with Gasteiger partial charge in [0.2, 0.25) is 17.7 Å². The number of carbonyl (C=O) groups excluding carboxylic acids is 3. The van der Waals surface area contributed by atoms with Crippen LogP contribution in [0.2, 0.25) is 0 Å². The summed E-state index contributed by atoms with van der Waals surface area (Å²) in [5, 5.41) is 15.7. The molecule has 0 unspecified atom stereocenters. The van der Waals surface area contributed by atoms with Crippen LogP contribution in [0.25, 0.3) is 0 Å². The lowest BCUT2D eigenvalue weighted by atomic mass is 10.2. The number of hydrogen-bond acceptors (Lipinski definition) is 5. The lowest BCUT2D eigenvalue weighted by molar-refractivity contribution is -0.141. The van der Waals surface area contributed by atoms with E-state index >= 15 is 0 Å². The van der Waals surface area contributed by atoms with Crippen LogP contribution in [0.1, 0.15) is 34.1 Å². The van der Waals surface area contributed by atoms with Crippen molar-refractivity contribution < 1.29 is 24.3 Å². The third-order valence-corrected chi connectivity index (χ3v) is 3.01. The molecule has 4 atom stereocenters. The van der Waals surface area contributed by atoms with E-state index in [1.54, 1.807) is 6.92 Å². The van der Waals surface area contributed by atoms with Crippen LogP contribution in [0.5, 0.6) is 0 Å². The molecule has 22 heavy (non-hydrogen) atoms. The van der Waals surface area contributed by atoms with Gasteiger partial charge in [-0.3, -0.25) is 19.2 Å². The Kier molecular flexibility index (Phi) is 8.10. The Labute approximate surface area is 129 Å². The molecule has 0 aromatic carbocycles. The molecule has 0 saturated carbocycles. The second kappa shape index (κ2) is 8.98. The number of aliphatic carboxylic acids is 1. The van der Waals surface area contributed by atoms with E-state index in [1.165, 1.54) is 20.8 Å². The average molecular weight is 316 g/mol. The molecule has 0 aliphatic rings. The highest BCUT2D eigenvalue weighted by atomic mass is 16.4. The Hall–Kier alpha value is -2.16. The summed E-state index contributed by atoms with van der Waals surface area (Å²) < 4.78 is 0. The predicted octanol–water partition coefficient (Wildman–Crippen LogP) is -1.68. The molecule has 0 aromatic rings. The molecular weight excluding hydrogens is 292 g/mol. The number of carboxylic acids is 1. The average Bonchev–Trinajstić information content (AvgIpc) is 2.45. The highest BCUT2D eigenvalue weighted by Gasteiger charge is 2.24. The van der Waals surface area contributed by atoms with Gasteiger partial charge < -0.3 is 26.8 Å². The fourth-order valence-corrected chi connectivity index (χ4v) is 1.38. The third-order valence-electron chi connectivity index (χ3n) is 3.01. The number of amides is 3. The van der Waals surface area contributed by atoms with Gasteiger partial charge in [0.05, 0.1) is 6.04 Å². The van der Waals surface area contributed by atoms with E-state index in [9.17, 15) is 19.2 Å². The van der Waals surface area contributed by atoms with Crippen LogP contribution in [-0.4, -0.2) is 53.0 Å². The van der Waals surface area contributed by atoms with Crippen LogP contribution < -0.4 is 21.7 Å². The summed E-state index contributed by atoms with van der Waals surface area (Å²) in [5.41, 5.74) is 5.53. The topological polar surface area (TPSA) is 151 Å². The van der Waals surface area contributed by atoms with Crippen molar-refractivity contribution in [1.82, 2.24) is 16.0 Å². The maximum atomic E-state index is 11.9. The first-order chi connectivity index (χ1) is 10.1. The molecule has 0 aromatic heterocycles. The van der Waals surface area contributed by atoms with Gasteiger partial charge in [-0.15, -0.1) is 0 Å². The Bertz CT molecular complexity index is 440. The SMILES string of the molecule is CC[C@H](N)C(=O)N[C@@H](C)C(=O)N[C@@H](C)C(=O)N[C@@H](C)C(=O)O. The maximum Gasteiger partial charge on any atom is 0.325 e. The van der Waals surface area contributed by atoms with Crippen molar-refractivity contribution in [3.05, 3.63) is 0 Å². The molecular formula is C13H24N4O5. The Morgan fingerprint density at radius 2 is 1.23 bits per heavy atom. The van der Waals surface area contributed by atoms with Crippen molar-refractivity contribution >= 4 is 23.7 Å². The molecule has 126 valence electrons. The minimum absolute atomic E-state index is 0.437. The monoisotopic (exact) mass is 316 g/mol. The maximum absolute atomic E-state index is 11.9. The standard InChI is InChI=1S/C13H24N4O5/c1-5-9(14)12(20)16-7(3)10(18)15-6(2)11(19)17-8(4)13(21)22/h6-9H,5,14H2,1-4H3,(H,15,18)(H,16,20)(H,17,19)(H,21,22)/t6-,7-,8-,9-/m0/s1. The van der Waals surface area contributed by atoms with Gasteiger partial charge >= 0.3 is 5.97 Å². The van der Waals surface area contributed by atoms with Crippen molar-refractivity contribution in [3.63, 3.8) is 0 Å². The van der Waals surface area contributed by atoms with Crippen molar-refractivity contribution in [1.29, 1.82) is 0 Å². The van der Waals surface area contributed by atoms with Gasteiger partial charge in [-0.05, 0) is 27.2 Å². The van der Waals surface area contributed by atoms with E-state index in [0.29, 0.717) is 6.42 Å². The molecule has 0 saturated heterocycles. The van der Waals surface area contributed by atoms with E-state index in [2.05, 4.69) is 16.0 Å². The van der Waals surface area contributed by atoms with Crippen molar-refractivity contribution in [3.8, 4) is 0 Å². The van der Waals surface area contributed by atoms with Crippen LogP contribution in [0.3, 0.4) is 0 Å². The number of hydrogen-bond donors (Lipinski definition) is 5. The Balaban J connectivity index is 4.42. The van der Waals surface area contributed by atoms with E-state index in [4.69, 9.17) is 10.8 Å². The second-order valence-electron chi connectivity index (χ2n) is 5.04. The molecule has 0 rings (SSSR count). The Morgan fingerprint density at radius 1 is 0.864 bits per heavy atom. The van der Waals surface area contributed by atoms with Gasteiger partial charge in [-0.25, -0.2) is 0 Å². The summed E-state index contributed by atoms with van der Waals surface area (Å²) in [7, 11) is 0. The summed E-state index contributed by atoms with van der Waals surface area (Å²) in [5.74, 6) is -2.84. The highest BCUT2D eigenvalue weighted by molar-refractivity contribution is 5.93. The minimum atomic E-state index is -1.18. The number of rotatable bonds is 8. The first-order valence-electron chi connectivity index (χ1n) is 6.99. The zero-order valence-electron chi connectivity index (χ0n) is 13.2. The molecule has 6 N–H and O–H groups in total. The number of carboxylic acid groups (broad SMARTS) is 1. The number of nitrogens with two attached hydrogens (primary N) is 1. The number of nitrogens with one attached hydrogen (secondary N) is 3. The number of carbonyl (C=O) groups is 4. The Morgan fingerprint density at radius 3 is 1.59 bits per heavy atom. The van der Waals surface area contributed by atoms with Crippen LogP contribution in [0.4, 0.5) is 0 Å². The first kappa shape index (κ1) is 19.8. The fourth-order valence-electron chi connectivity index (χ4n) is 1.38. The van der Waals surface area contributed by atoms with Gasteiger partial charge in [0.1, 0.15) is 18.1 Å². The summed E-state index contributed by atoms with van der Waals surface area (Å²) in [4.78, 5) is 45.8. The van der Waals surface area contributed by atoms with Crippen LogP contribution in [-0.2, 0) is 19.2 Å². The molecule has 0 bridgehead atoms. The zero-order valence-corrected chi connectivity index (χ0v) is 13.2. The molecule has 9 nitrogen and oxygen atoms in total. The zero-order chi connectivity index (χ0) is 17.4. The smallest absolute Gasteiger partial charge is 0.325 e. The van der Waals surface area contributed by atoms with Crippen LogP contribution >= 0.6 is 0 Å². The minimum Gasteiger partial charge on any atom is -0.480 e. The van der Waals surface area contributed by atoms with Crippen molar-refractivity contribution in [2.45, 2.75) is 58.3 Å². The van der Waals surface area contributed by atoms with Gasteiger partial charge in [0, 0.05) is 0 Å². The van der Waals surface area contributed by atoms with Gasteiger partial charge in [-0.1, -0.05) is 6.92 Å². The summed E-state index contributed by atoms with van der Waals surface area (Å²) in [6.07, 6.45) is 0.437. The lowest BCUT2D eigenvalue weighted by Gasteiger charge is -2.20. The van der Waals surface area contributed by atoms with Crippen LogP contribution in [0, 0.1) is 0 Å². The molecule has 0 aliphatic carbocycles. The summed E-state index contributed by atoms with van der Waals surface area (Å²) in [6, 6.07) is -3.57. The highest BCUT2D eigenvalue weighted by Crippen LogP contribution is 1.92. The molecule has 9 heteroatoms. The molecule has 0 radical (unpaired) electrons. The first-order valence-corrected chi connectivity index (χ1v) is 6.99. The van der Waals surface area contributed by atoms with E-state index in [0.717, 1.165) is 0 Å². The predicted molar refractivity (Wildman–Crippen MR) is 78.7 cm³/mol. The van der Waals surface area contributed by atoms with Gasteiger partial charge in [0.15, 0.2) is 0 Å². The third kappa shape index (κ3) is 6.53. The van der Waals surface area contributed by atoms with Crippen molar-refractivity contribution in [2.75, 3.05) is 0 Å². The summed E-state index contributed by atoms with van der Waals surface area (Å²) >= 11 is 0. The summed E-state index contributed by atoms with van der Waals surface area (Å²) in [6.45, 7) is 5.92. The van der Waals surface area contributed by atoms with Crippen molar-refractivity contribution in [2.24, 2.45) is 5.73 Å². The fraction of sp³-hybridized carbons (Fsp3) is 0.692. The van der Waals surface area contributed by atoms with E-state index in [1.807, 2.05) is 0 Å². The molecule has 3 amide bonds. The molecule has 0 fully saturated rings. The lowest BCUT2D eigenvalue weighted by Crippen LogP contribution is -2.55. The van der Waals surface area contributed by atoms with Gasteiger partial charge in [-0.2, -0.15) is 0 Å². The largest absolute Gasteiger partial charge is 0.480 e. The molecule has 0 spiro atoms. The molecule has 0 aliphatic heterocycles. The molecule has 0 heterocycles. The normalized spacial score (nSPS) is 15.9. The van der Waals surface area contributed by atoms with E-state index in [-0.39, 0.29) is 0 Å². The van der Waals surface area contributed by atoms with Gasteiger partial charge in [0.25, 0.3) is 0 Å². The second-order valence-corrected chi connectivity index (χ2v) is 5.04. The quantitative estimate of drug-likeness (QED) is 0.361.